The van der Waals surface area contributed by atoms with Crippen LogP contribution in [-0.2, 0) is 4.74 Å². The Balaban J connectivity index is 1.85. The summed E-state index contributed by atoms with van der Waals surface area (Å²) in [6, 6.07) is 0. The summed E-state index contributed by atoms with van der Waals surface area (Å²) in [5.41, 5.74) is -0.0831. The van der Waals surface area contributed by atoms with Crippen molar-refractivity contribution in [1.29, 1.82) is 0 Å². The maximum Gasteiger partial charge on any atom is 0.0628 e. The van der Waals surface area contributed by atoms with Crippen molar-refractivity contribution in [3.05, 3.63) is 0 Å². The fraction of sp³-hybridized carbons (Fsp3) is 1.00. The Morgan fingerprint density at radius 1 is 1.35 bits per heavy atom. The summed E-state index contributed by atoms with van der Waals surface area (Å²) < 4.78 is 5.57. The van der Waals surface area contributed by atoms with Gasteiger partial charge in [-0.25, -0.2) is 0 Å². The van der Waals surface area contributed by atoms with Gasteiger partial charge in [0, 0.05) is 19.7 Å². The van der Waals surface area contributed by atoms with E-state index in [1.54, 1.807) is 0 Å². The fourth-order valence-corrected chi connectivity index (χ4v) is 3.51. The van der Waals surface area contributed by atoms with Crippen molar-refractivity contribution in [2.45, 2.75) is 44.6 Å². The quantitative estimate of drug-likeness (QED) is 0.673. The molecule has 0 aromatic heterocycles. The van der Waals surface area contributed by atoms with Crippen molar-refractivity contribution in [2.75, 3.05) is 46.5 Å². The van der Waals surface area contributed by atoms with Crippen LogP contribution < -0.4 is 5.32 Å². The van der Waals surface area contributed by atoms with Crippen LogP contribution >= 0.6 is 0 Å². The Hall–Kier alpha value is -0.160. The van der Waals surface area contributed by atoms with Gasteiger partial charge in [0.15, 0.2) is 0 Å². The summed E-state index contributed by atoms with van der Waals surface area (Å²) in [4.78, 5) is 2.40. The second kappa shape index (κ2) is 7.74. The molecule has 1 aliphatic heterocycles. The summed E-state index contributed by atoms with van der Waals surface area (Å²) in [7, 11) is 2.19. The van der Waals surface area contributed by atoms with Gasteiger partial charge in [0.2, 0.25) is 0 Å². The van der Waals surface area contributed by atoms with Crippen molar-refractivity contribution >= 4 is 0 Å². The van der Waals surface area contributed by atoms with E-state index < -0.39 is 0 Å². The highest BCUT2D eigenvalue weighted by Gasteiger charge is 2.45. The van der Waals surface area contributed by atoms with Gasteiger partial charge in [-0.15, -0.1) is 0 Å². The van der Waals surface area contributed by atoms with Crippen LogP contribution in [0.4, 0.5) is 0 Å². The summed E-state index contributed by atoms with van der Waals surface area (Å²) in [5.74, 6) is 1.32. The molecule has 0 aromatic carbocycles. The number of aliphatic hydroxyl groups excluding tert-OH is 1. The zero-order valence-corrected chi connectivity index (χ0v) is 13.2. The van der Waals surface area contributed by atoms with Crippen molar-refractivity contribution in [3.8, 4) is 0 Å². The molecule has 0 amide bonds. The van der Waals surface area contributed by atoms with Crippen molar-refractivity contribution in [2.24, 2.45) is 11.8 Å². The number of nitrogens with zero attached hydrogens (tertiary/aromatic N) is 1. The lowest BCUT2D eigenvalue weighted by molar-refractivity contribution is 0.0318. The Morgan fingerprint density at radius 2 is 2.15 bits per heavy atom. The molecule has 118 valence electrons. The number of aliphatic hydroxyl groups is 1. The van der Waals surface area contributed by atoms with Gasteiger partial charge >= 0.3 is 0 Å². The zero-order chi connectivity index (χ0) is 14.4. The van der Waals surface area contributed by atoms with Gasteiger partial charge in [-0.3, -0.25) is 0 Å². The third-order valence-electron chi connectivity index (χ3n) is 4.74. The van der Waals surface area contributed by atoms with Crippen LogP contribution in [0.3, 0.4) is 0 Å². The molecular weight excluding hydrogens is 252 g/mol. The molecule has 2 N–H and O–H groups in total. The van der Waals surface area contributed by atoms with Gasteiger partial charge in [-0.2, -0.15) is 0 Å². The van der Waals surface area contributed by atoms with Crippen LogP contribution in [0.15, 0.2) is 0 Å². The molecule has 0 bridgehead atoms. The molecule has 0 radical (unpaired) electrons. The van der Waals surface area contributed by atoms with E-state index in [-0.39, 0.29) is 12.1 Å². The van der Waals surface area contributed by atoms with E-state index in [1.165, 1.54) is 25.7 Å². The number of rotatable bonds is 9. The summed E-state index contributed by atoms with van der Waals surface area (Å²) in [5, 5.41) is 13.6. The lowest BCUT2D eigenvalue weighted by Gasteiger charge is -2.38. The Morgan fingerprint density at radius 3 is 2.70 bits per heavy atom. The largest absolute Gasteiger partial charge is 0.394 e. The number of ether oxygens (including phenoxy) is 1. The topological polar surface area (TPSA) is 44.7 Å². The minimum Gasteiger partial charge on any atom is -0.394 e. The highest BCUT2D eigenvalue weighted by atomic mass is 16.5. The third kappa shape index (κ3) is 4.42. The predicted octanol–water partition coefficient (Wildman–Crippen LogP) is 1.49. The lowest BCUT2D eigenvalue weighted by Crippen LogP contribution is -2.58. The molecule has 20 heavy (non-hydrogen) atoms. The van der Waals surface area contributed by atoms with E-state index in [4.69, 9.17) is 4.74 Å². The molecule has 0 spiro atoms. The van der Waals surface area contributed by atoms with E-state index >= 15 is 0 Å². The number of hydrogen-bond donors (Lipinski definition) is 2. The van der Waals surface area contributed by atoms with Crippen LogP contribution in [-0.4, -0.2) is 62.0 Å². The molecule has 4 heteroatoms. The van der Waals surface area contributed by atoms with Gasteiger partial charge < -0.3 is 20.1 Å². The summed E-state index contributed by atoms with van der Waals surface area (Å²) in [6.45, 7) is 7.31. The summed E-state index contributed by atoms with van der Waals surface area (Å²) >= 11 is 0. The fourth-order valence-electron chi connectivity index (χ4n) is 3.51. The number of likely N-dealkylation sites (N-methyl/N-ethyl adjacent to an activating group) is 1. The molecule has 2 fully saturated rings. The first kappa shape index (κ1) is 16.2. The molecule has 1 heterocycles. The average molecular weight is 284 g/mol. The predicted molar refractivity (Wildman–Crippen MR) is 81.9 cm³/mol. The second-order valence-corrected chi connectivity index (χ2v) is 6.80. The van der Waals surface area contributed by atoms with E-state index in [0.29, 0.717) is 11.8 Å². The molecule has 2 rings (SSSR count). The molecule has 1 saturated carbocycles. The Labute approximate surface area is 123 Å². The van der Waals surface area contributed by atoms with Crippen molar-refractivity contribution in [3.63, 3.8) is 0 Å². The monoisotopic (exact) mass is 284 g/mol. The van der Waals surface area contributed by atoms with Gasteiger partial charge in [0.1, 0.15) is 0 Å². The SMILES string of the molecule is CCCNC(CO)(CN(C)CC1CCCOC1)C1CC1. The van der Waals surface area contributed by atoms with E-state index in [1.807, 2.05) is 0 Å². The molecule has 2 unspecified atom stereocenters. The van der Waals surface area contributed by atoms with Crippen LogP contribution in [0.1, 0.15) is 39.0 Å². The first-order chi connectivity index (χ1) is 9.70. The van der Waals surface area contributed by atoms with Gasteiger partial charge in [-0.05, 0) is 57.5 Å². The highest BCUT2D eigenvalue weighted by Crippen LogP contribution is 2.40. The maximum atomic E-state index is 9.95. The molecule has 1 saturated heterocycles. The van der Waals surface area contributed by atoms with Crippen molar-refractivity contribution in [1.82, 2.24) is 10.2 Å². The third-order valence-corrected chi connectivity index (χ3v) is 4.74. The van der Waals surface area contributed by atoms with Crippen LogP contribution in [0.5, 0.6) is 0 Å². The first-order valence-electron chi connectivity index (χ1n) is 8.32. The molecule has 4 nitrogen and oxygen atoms in total. The molecule has 2 atom stereocenters. The highest BCUT2D eigenvalue weighted by molar-refractivity contribution is 5.02. The maximum absolute atomic E-state index is 9.95. The van der Waals surface area contributed by atoms with E-state index in [0.717, 1.165) is 39.3 Å². The second-order valence-electron chi connectivity index (χ2n) is 6.80. The Kier molecular flexibility index (Phi) is 6.27. The normalized spacial score (nSPS) is 26.7. The molecule has 2 aliphatic rings. The Bertz CT molecular complexity index is 278. The number of nitrogens with one attached hydrogen (secondary N) is 1. The zero-order valence-electron chi connectivity index (χ0n) is 13.2. The molecular formula is C16H32N2O2. The summed E-state index contributed by atoms with van der Waals surface area (Å²) in [6.07, 6.45) is 6.12. The van der Waals surface area contributed by atoms with Gasteiger partial charge in [-0.1, -0.05) is 6.92 Å². The van der Waals surface area contributed by atoms with Crippen LogP contribution in [0.2, 0.25) is 0 Å². The van der Waals surface area contributed by atoms with Gasteiger partial charge in [0.25, 0.3) is 0 Å². The first-order valence-corrected chi connectivity index (χ1v) is 8.32. The van der Waals surface area contributed by atoms with Crippen molar-refractivity contribution < 1.29 is 9.84 Å². The van der Waals surface area contributed by atoms with E-state index in [2.05, 4.69) is 24.2 Å². The smallest absolute Gasteiger partial charge is 0.0628 e. The van der Waals surface area contributed by atoms with Crippen LogP contribution in [0.25, 0.3) is 0 Å². The average Bonchev–Trinajstić information content (AvgIpc) is 3.29. The van der Waals surface area contributed by atoms with Gasteiger partial charge in [0.05, 0.1) is 18.8 Å². The van der Waals surface area contributed by atoms with E-state index in [9.17, 15) is 5.11 Å². The number of hydrogen-bond acceptors (Lipinski definition) is 4. The minimum absolute atomic E-state index is 0.0831. The van der Waals surface area contributed by atoms with Crippen LogP contribution in [0, 0.1) is 11.8 Å². The molecule has 1 aliphatic carbocycles. The minimum atomic E-state index is -0.0831. The standard InChI is InChI=1S/C16H32N2O2/c1-3-8-17-16(13-19,15-6-7-15)12-18(2)10-14-5-4-9-20-11-14/h14-15,17,19H,3-13H2,1-2H3. The lowest BCUT2D eigenvalue weighted by atomic mass is 9.92. The molecule has 0 aromatic rings.